The second-order valence-corrected chi connectivity index (χ2v) is 6.17. The van der Waals surface area contributed by atoms with Gasteiger partial charge in [0.1, 0.15) is 0 Å². The van der Waals surface area contributed by atoms with Crippen LogP contribution in [0.25, 0.3) is 0 Å². The van der Waals surface area contributed by atoms with E-state index in [2.05, 4.69) is 33.0 Å². The Labute approximate surface area is 96.0 Å². The topological polar surface area (TPSA) is 12.0 Å². The Morgan fingerprint density at radius 2 is 1.73 bits per heavy atom. The highest BCUT2D eigenvalue weighted by molar-refractivity contribution is 4.86. The smallest absolute Gasteiger partial charge is 0.0100 e. The Morgan fingerprint density at radius 1 is 1.07 bits per heavy atom. The lowest BCUT2D eigenvalue weighted by molar-refractivity contribution is 0.168. The van der Waals surface area contributed by atoms with Crippen molar-refractivity contribution >= 4 is 0 Å². The molecule has 1 aliphatic rings. The van der Waals surface area contributed by atoms with E-state index in [1.165, 1.54) is 45.1 Å². The highest BCUT2D eigenvalue weighted by Gasteiger charge is 2.32. The van der Waals surface area contributed by atoms with Crippen molar-refractivity contribution in [3.05, 3.63) is 0 Å². The van der Waals surface area contributed by atoms with Crippen LogP contribution in [0.15, 0.2) is 0 Å². The SMILES string of the molecule is CCCNC1CCCCCC1C(C)(C)C. The van der Waals surface area contributed by atoms with E-state index in [-0.39, 0.29) is 0 Å². The Balaban J connectivity index is 2.59. The van der Waals surface area contributed by atoms with Gasteiger partial charge in [-0.25, -0.2) is 0 Å². The van der Waals surface area contributed by atoms with Gasteiger partial charge in [-0.1, -0.05) is 47.0 Å². The average molecular weight is 211 g/mol. The highest BCUT2D eigenvalue weighted by Crippen LogP contribution is 2.36. The van der Waals surface area contributed by atoms with Gasteiger partial charge in [-0.15, -0.1) is 0 Å². The lowest BCUT2D eigenvalue weighted by atomic mass is 9.74. The summed E-state index contributed by atoms with van der Waals surface area (Å²) in [5.41, 5.74) is 0.468. The molecule has 2 atom stereocenters. The molecule has 1 aliphatic carbocycles. The molecule has 1 N–H and O–H groups in total. The number of hydrogen-bond acceptors (Lipinski definition) is 1. The molecule has 90 valence electrons. The number of hydrogen-bond donors (Lipinski definition) is 1. The molecule has 0 spiro atoms. The molecular weight excluding hydrogens is 182 g/mol. The first-order chi connectivity index (χ1) is 7.05. The summed E-state index contributed by atoms with van der Waals surface area (Å²) in [5.74, 6) is 0.867. The molecule has 0 aliphatic heterocycles. The first-order valence-corrected chi connectivity index (χ1v) is 6.79. The van der Waals surface area contributed by atoms with E-state index in [1.807, 2.05) is 0 Å². The van der Waals surface area contributed by atoms with E-state index in [0.29, 0.717) is 5.41 Å². The Kier molecular flexibility index (Phi) is 5.11. The van der Waals surface area contributed by atoms with E-state index in [9.17, 15) is 0 Å². The van der Waals surface area contributed by atoms with Crippen molar-refractivity contribution < 1.29 is 0 Å². The molecule has 1 nitrogen and oxygen atoms in total. The van der Waals surface area contributed by atoms with E-state index in [0.717, 1.165) is 12.0 Å². The quantitative estimate of drug-likeness (QED) is 0.696. The third kappa shape index (κ3) is 4.14. The highest BCUT2D eigenvalue weighted by atomic mass is 14.9. The van der Waals surface area contributed by atoms with Gasteiger partial charge in [-0.05, 0) is 37.1 Å². The predicted molar refractivity (Wildman–Crippen MR) is 68.1 cm³/mol. The zero-order valence-electron chi connectivity index (χ0n) is 11.1. The van der Waals surface area contributed by atoms with Gasteiger partial charge in [-0.2, -0.15) is 0 Å². The maximum atomic E-state index is 3.77. The van der Waals surface area contributed by atoms with E-state index in [4.69, 9.17) is 0 Å². The van der Waals surface area contributed by atoms with E-state index in [1.54, 1.807) is 0 Å². The first kappa shape index (κ1) is 13.0. The molecule has 1 rings (SSSR count). The van der Waals surface area contributed by atoms with Crippen LogP contribution in [0.3, 0.4) is 0 Å². The van der Waals surface area contributed by atoms with Crippen molar-refractivity contribution in [2.45, 2.75) is 72.3 Å². The van der Waals surface area contributed by atoms with Gasteiger partial charge in [0.15, 0.2) is 0 Å². The van der Waals surface area contributed by atoms with Crippen molar-refractivity contribution in [3.8, 4) is 0 Å². The van der Waals surface area contributed by atoms with Gasteiger partial charge < -0.3 is 5.32 Å². The molecule has 0 radical (unpaired) electrons. The fourth-order valence-electron chi connectivity index (χ4n) is 2.92. The molecule has 0 amide bonds. The van der Waals surface area contributed by atoms with Crippen LogP contribution in [-0.2, 0) is 0 Å². The molecule has 0 aromatic heterocycles. The molecule has 1 saturated carbocycles. The number of rotatable bonds is 3. The summed E-state index contributed by atoms with van der Waals surface area (Å²) in [5, 5.41) is 3.77. The molecule has 1 fully saturated rings. The molecular formula is C14H29N. The average Bonchev–Trinajstić information content (AvgIpc) is 2.38. The van der Waals surface area contributed by atoms with Crippen LogP contribution in [0.4, 0.5) is 0 Å². The molecule has 0 bridgehead atoms. The summed E-state index contributed by atoms with van der Waals surface area (Å²) < 4.78 is 0. The third-order valence-electron chi connectivity index (χ3n) is 3.78. The molecule has 2 unspecified atom stereocenters. The van der Waals surface area contributed by atoms with Crippen LogP contribution in [-0.4, -0.2) is 12.6 Å². The minimum Gasteiger partial charge on any atom is -0.314 e. The summed E-state index contributed by atoms with van der Waals surface area (Å²) in [6.07, 6.45) is 8.37. The van der Waals surface area contributed by atoms with E-state index < -0.39 is 0 Å². The summed E-state index contributed by atoms with van der Waals surface area (Å²) in [7, 11) is 0. The van der Waals surface area contributed by atoms with Gasteiger partial charge in [0, 0.05) is 6.04 Å². The summed E-state index contributed by atoms with van der Waals surface area (Å²) >= 11 is 0. The van der Waals surface area contributed by atoms with Crippen molar-refractivity contribution in [2.75, 3.05) is 6.54 Å². The number of nitrogens with one attached hydrogen (secondary N) is 1. The largest absolute Gasteiger partial charge is 0.314 e. The van der Waals surface area contributed by atoms with Crippen LogP contribution in [0.2, 0.25) is 0 Å². The molecule has 0 saturated heterocycles. The van der Waals surface area contributed by atoms with Crippen molar-refractivity contribution in [3.63, 3.8) is 0 Å². The van der Waals surface area contributed by atoms with Crippen LogP contribution in [0.1, 0.15) is 66.2 Å². The lowest BCUT2D eigenvalue weighted by Crippen LogP contribution is -2.41. The molecule has 1 heteroatoms. The van der Waals surface area contributed by atoms with Crippen molar-refractivity contribution in [1.29, 1.82) is 0 Å². The third-order valence-corrected chi connectivity index (χ3v) is 3.78. The standard InChI is InChI=1S/C14H29N/c1-5-11-15-13-10-8-6-7-9-12(13)14(2,3)4/h12-13,15H,5-11H2,1-4H3. The van der Waals surface area contributed by atoms with Crippen molar-refractivity contribution in [2.24, 2.45) is 11.3 Å². The van der Waals surface area contributed by atoms with Gasteiger partial charge >= 0.3 is 0 Å². The lowest BCUT2D eigenvalue weighted by Gasteiger charge is -2.36. The molecule has 0 heterocycles. The first-order valence-electron chi connectivity index (χ1n) is 6.79. The van der Waals surface area contributed by atoms with Gasteiger partial charge in [0.05, 0.1) is 0 Å². The van der Waals surface area contributed by atoms with Crippen LogP contribution in [0.5, 0.6) is 0 Å². The minimum atomic E-state index is 0.468. The zero-order valence-corrected chi connectivity index (χ0v) is 11.1. The monoisotopic (exact) mass is 211 g/mol. The molecule has 15 heavy (non-hydrogen) atoms. The maximum absolute atomic E-state index is 3.77. The minimum absolute atomic E-state index is 0.468. The second-order valence-electron chi connectivity index (χ2n) is 6.17. The van der Waals surface area contributed by atoms with Gasteiger partial charge in [0.25, 0.3) is 0 Å². The fraction of sp³-hybridized carbons (Fsp3) is 1.00. The summed E-state index contributed by atoms with van der Waals surface area (Å²) in [4.78, 5) is 0. The Morgan fingerprint density at radius 3 is 2.33 bits per heavy atom. The Hall–Kier alpha value is -0.0400. The van der Waals surface area contributed by atoms with Crippen LogP contribution >= 0.6 is 0 Å². The van der Waals surface area contributed by atoms with E-state index >= 15 is 0 Å². The summed E-state index contributed by atoms with van der Waals surface area (Å²) in [6, 6.07) is 0.771. The van der Waals surface area contributed by atoms with Crippen molar-refractivity contribution in [1.82, 2.24) is 5.32 Å². The van der Waals surface area contributed by atoms with Crippen LogP contribution < -0.4 is 5.32 Å². The Bertz CT molecular complexity index is 169. The molecule has 0 aromatic carbocycles. The van der Waals surface area contributed by atoms with Crippen LogP contribution in [0, 0.1) is 11.3 Å². The second kappa shape index (κ2) is 5.89. The van der Waals surface area contributed by atoms with Gasteiger partial charge in [0.2, 0.25) is 0 Å². The summed E-state index contributed by atoms with van der Waals surface area (Å²) in [6.45, 7) is 10.7. The predicted octanol–water partition coefficient (Wildman–Crippen LogP) is 3.98. The fourth-order valence-corrected chi connectivity index (χ4v) is 2.92. The normalized spacial score (nSPS) is 28.8. The molecule has 0 aromatic rings. The van der Waals surface area contributed by atoms with Gasteiger partial charge in [-0.3, -0.25) is 0 Å². The maximum Gasteiger partial charge on any atom is 0.0100 e. The zero-order chi connectivity index (χ0) is 11.3.